The molecule has 22 heavy (non-hydrogen) atoms. The monoisotopic (exact) mass is 316 g/mol. The molecule has 3 N–H and O–H groups in total. The fraction of sp³-hybridized carbons (Fsp3) is 1.00. The number of hydrogen-bond acceptors (Lipinski definition) is 3. The van der Waals surface area contributed by atoms with E-state index >= 15 is 0 Å². The Bertz CT molecular complexity index is 287. The van der Waals surface area contributed by atoms with Crippen molar-refractivity contribution in [2.45, 2.75) is 103 Å². The molecule has 0 aromatic heterocycles. The van der Waals surface area contributed by atoms with E-state index in [9.17, 15) is 0 Å². The topological polar surface area (TPSA) is 55.6 Å². The number of hydroxylamine groups is 2. The molecule has 1 fully saturated rings. The molecule has 0 unspecified atom stereocenters. The van der Waals surface area contributed by atoms with Crippen molar-refractivity contribution in [1.29, 1.82) is 0 Å². The Morgan fingerprint density at radius 2 is 1.36 bits per heavy atom. The minimum Gasteiger partial charge on any atom is -0.396 e. The van der Waals surface area contributed by atoms with Gasteiger partial charge in [0.15, 0.2) is 0 Å². The van der Waals surface area contributed by atoms with E-state index in [0.29, 0.717) is 6.61 Å². The van der Waals surface area contributed by atoms with Gasteiger partial charge in [-0.1, -0.05) is 37.2 Å². The number of ether oxygens (including phenoxy) is 1. The van der Waals surface area contributed by atoms with Gasteiger partial charge in [-0.05, 0) is 53.4 Å². The van der Waals surface area contributed by atoms with Gasteiger partial charge in [-0.15, -0.1) is 0 Å². The van der Waals surface area contributed by atoms with Crippen LogP contribution in [0.5, 0.6) is 0 Å². The molecule has 1 aliphatic heterocycles. The third kappa shape index (κ3) is 6.53. The van der Waals surface area contributed by atoms with Gasteiger partial charge in [0, 0.05) is 13.2 Å². The highest BCUT2D eigenvalue weighted by Gasteiger charge is 2.48. The fourth-order valence-corrected chi connectivity index (χ4v) is 3.65. The Labute approximate surface area is 136 Å². The summed E-state index contributed by atoms with van der Waals surface area (Å²) in [5.74, 6) is 0. The summed E-state index contributed by atoms with van der Waals surface area (Å²) in [5, 5.41) is 18.7. The molecule has 1 rings (SSSR count). The molecular weight excluding hydrogens is 278 g/mol. The van der Waals surface area contributed by atoms with Gasteiger partial charge in [0.05, 0.1) is 17.2 Å². The van der Waals surface area contributed by atoms with E-state index in [2.05, 4.69) is 27.7 Å². The van der Waals surface area contributed by atoms with Crippen LogP contribution < -0.4 is 0 Å². The molecule has 132 valence electrons. The first kappa shape index (κ1) is 19.9. The predicted molar refractivity (Wildman–Crippen MR) is 92.0 cm³/mol. The van der Waals surface area contributed by atoms with Crippen LogP contribution in [0.15, 0.2) is 0 Å². The van der Waals surface area contributed by atoms with Crippen LogP contribution in [-0.4, -0.2) is 45.8 Å². The SMILES string of the molecule is CC1(C)CC(OCCCCCCCCCO)CC(C)(C)N1[OH2+]. The second-order valence-electron chi connectivity index (χ2n) is 8.06. The highest BCUT2D eigenvalue weighted by Crippen LogP contribution is 2.37. The Balaban J connectivity index is 2.12. The van der Waals surface area contributed by atoms with Crippen LogP contribution in [0.4, 0.5) is 0 Å². The molecule has 0 aromatic carbocycles. The molecule has 0 amide bonds. The lowest BCUT2D eigenvalue weighted by molar-refractivity contribution is -0.261. The van der Waals surface area contributed by atoms with Crippen LogP contribution in [-0.2, 0) is 4.74 Å². The van der Waals surface area contributed by atoms with Crippen molar-refractivity contribution in [1.82, 2.24) is 5.06 Å². The van der Waals surface area contributed by atoms with Crippen molar-refractivity contribution in [3.8, 4) is 0 Å². The molecule has 4 nitrogen and oxygen atoms in total. The van der Waals surface area contributed by atoms with E-state index in [1.807, 2.05) is 0 Å². The molecule has 0 bridgehead atoms. The number of piperidine rings is 1. The van der Waals surface area contributed by atoms with Gasteiger partial charge in [-0.2, -0.15) is 0 Å². The van der Waals surface area contributed by atoms with Crippen molar-refractivity contribution in [3.05, 3.63) is 0 Å². The van der Waals surface area contributed by atoms with Crippen molar-refractivity contribution < 1.29 is 15.1 Å². The number of aliphatic hydroxyl groups is 1. The smallest absolute Gasteiger partial charge is 0.0859 e. The number of rotatable bonds is 10. The first-order valence-electron chi connectivity index (χ1n) is 9.04. The second-order valence-corrected chi connectivity index (χ2v) is 8.06. The normalized spacial score (nSPS) is 22.1. The molecule has 4 heteroatoms. The fourth-order valence-electron chi connectivity index (χ4n) is 3.65. The number of hydrogen-bond donors (Lipinski definition) is 1. The summed E-state index contributed by atoms with van der Waals surface area (Å²) in [5.41, 5.74) is -0.224. The Kier molecular flexibility index (Phi) is 8.33. The highest BCUT2D eigenvalue weighted by molar-refractivity contribution is 4.96. The van der Waals surface area contributed by atoms with Crippen LogP contribution in [0.2, 0.25) is 0 Å². The van der Waals surface area contributed by atoms with E-state index in [1.165, 1.54) is 25.7 Å². The number of nitrogens with zero attached hydrogens (tertiary/aromatic N) is 1. The zero-order chi connectivity index (χ0) is 16.6. The van der Waals surface area contributed by atoms with Crippen LogP contribution in [0, 0.1) is 0 Å². The average Bonchev–Trinajstić information content (AvgIpc) is 2.42. The molecule has 0 aromatic rings. The molecule has 1 aliphatic rings. The zero-order valence-electron chi connectivity index (χ0n) is 15.2. The quantitative estimate of drug-likeness (QED) is 0.496. The Morgan fingerprint density at radius 1 is 0.909 bits per heavy atom. The van der Waals surface area contributed by atoms with E-state index in [-0.39, 0.29) is 17.2 Å². The number of unbranched alkanes of at least 4 members (excludes halogenated alkanes) is 6. The lowest BCUT2D eigenvalue weighted by Gasteiger charge is -2.47. The lowest BCUT2D eigenvalue weighted by Crippen LogP contribution is -2.60. The molecule has 0 saturated carbocycles. The second kappa shape index (κ2) is 9.21. The van der Waals surface area contributed by atoms with Crippen LogP contribution in [0.1, 0.15) is 85.5 Å². The lowest BCUT2D eigenvalue weighted by atomic mass is 9.80. The summed E-state index contributed by atoms with van der Waals surface area (Å²) in [4.78, 5) is 0. The number of aliphatic hydroxyl groups excluding tert-OH is 1. The largest absolute Gasteiger partial charge is 0.396 e. The van der Waals surface area contributed by atoms with E-state index < -0.39 is 0 Å². The summed E-state index contributed by atoms with van der Waals surface area (Å²) in [6.45, 7) is 9.75. The summed E-state index contributed by atoms with van der Waals surface area (Å²) in [7, 11) is 0. The average molecular weight is 317 g/mol. The maximum absolute atomic E-state index is 8.72. The van der Waals surface area contributed by atoms with Gasteiger partial charge in [-0.3, -0.25) is 0 Å². The van der Waals surface area contributed by atoms with Gasteiger partial charge in [0.1, 0.15) is 0 Å². The van der Waals surface area contributed by atoms with Crippen molar-refractivity contribution in [2.24, 2.45) is 0 Å². The molecule has 1 heterocycles. The van der Waals surface area contributed by atoms with Gasteiger partial charge < -0.3 is 15.1 Å². The Morgan fingerprint density at radius 3 is 1.86 bits per heavy atom. The maximum atomic E-state index is 8.72. The minimum absolute atomic E-state index is 0.112. The Hall–Kier alpha value is -0.160. The third-order valence-electron chi connectivity index (χ3n) is 4.82. The minimum atomic E-state index is -0.112. The molecule has 0 spiro atoms. The van der Waals surface area contributed by atoms with Gasteiger partial charge >= 0.3 is 0 Å². The molecule has 0 radical (unpaired) electrons. The van der Waals surface area contributed by atoms with Crippen LogP contribution in [0.25, 0.3) is 0 Å². The third-order valence-corrected chi connectivity index (χ3v) is 4.82. The maximum Gasteiger partial charge on any atom is 0.0859 e. The summed E-state index contributed by atoms with van der Waals surface area (Å²) in [6, 6.07) is 0. The van der Waals surface area contributed by atoms with E-state index in [0.717, 1.165) is 38.7 Å². The van der Waals surface area contributed by atoms with Gasteiger partial charge in [-0.25, -0.2) is 0 Å². The summed E-state index contributed by atoms with van der Waals surface area (Å²) >= 11 is 0. The van der Waals surface area contributed by atoms with Gasteiger partial charge in [0.25, 0.3) is 0 Å². The molecule has 0 atom stereocenters. The molecule has 0 aliphatic carbocycles. The van der Waals surface area contributed by atoms with Crippen LogP contribution >= 0.6 is 0 Å². The van der Waals surface area contributed by atoms with Crippen molar-refractivity contribution in [3.63, 3.8) is 0 Å². The van der Waals surface area contributed by atoms with E-state index in [1.54, 1.807) is 5.06 Å². The highest BCUT2D eigenvalue weighted by atomic mass is 16.5. The molecule has 1 saturated heterocycles. The predicted octanol–water partition coefficient (Wildman–Crippen LogP) is 3.39. The summed E-state index contributed by atoms with van der Waals surface area (Å²) < 4.78 is 6.10. The first-order chi connectivity index (χ1) is 10.3. The summed E-state index contributed by atoms with van der Waals surface area (Å²) in [6.07, 6.45) is 10.5. The van der Waals surface area contributed by atoms with Gasteiger partial charge in [0.2, 0.25) is 0 Å². The first-order valence-corrected chi connectivity index (χ1v) is 9.04. The zero-order valence-corrected chi connectivity index (χ0v) is 15.2. The van der Waals surface area contributed by atoms with Crippen molar-refractivity contribution in [2.75, 3.05) is 13.2 Å². The van der Waals surface area contributed by atoms with E-state index in [4.69, 9.17) is 15.1 Å². The standard InChI is InChI=1S/C18H37NO3/c1-17(2)14-16(15-18(3,4)19(17)21)22-13-11-9-7-5-6-8-10-12-20/h16,20-21H,5-15H2,1-4H3/p+1. The molecular formula is C18H38NO3+. The van der Waals surface area contributed by atoms with Crippen LogP contribution in [0.3, 0.4) is 0 Å². The van der Waals surface area contributed by atoms with Crippen molar-refractivity contribution >= 4 is 0 Å².